The zero-order chi connectivity index (χ0) is 12.1. The maximum Gasteiger partial charge on any atom is 0.243 e. The first-order valence-electron chi connectivity index (χ1n) is 5.97. The average molecular weight is 254 g/mol. The van der Waals surface area contributed by atoms with Crippen LogP contribution in [0.25, 0.3) is 0 Å². The first-order valence-corrected chi connectivity index (χ1v) is 7.41. The summed E-state index contributed by atoms with van der Waals surface area (Å²) in [5.74, 6) is 0. The highest BCUT2D eigenvalue weighted by atomic mass is 32.2. The summed E-state index contributed by atoms with van der Waals surface area (Å²) >= 11 is 0. The van der Waals surface area contributed by atoms with Crippen molar-refractivity contribution in [1.29, 1.82) is 0 Å². The summed E-state index contributed by atoms with van der Waals surface area (Å²) < 4.78 is 26.3. The van der Waals surface area contributed by atoms with Gasteiger partial charge in [-0.2, -0.15) is 4.31 Å². The number of nitrogens with one attached hydrogen (secondary N) is 1. The molecule has 0 radical (unpaired) electrons. The Balaban J connectivity index is 2.19. The van der Waals surface area contributed by atoms with Gasteiger partial charge in [0.25, 0.3) is 0 Å². The Hall–Kier alpha value is -0.910. The van der Waals surface area contributed by atoms with E-state index < -0.39 is 10.0 Å². The summed E-state index contributed by atoms with van der Waals surface area (Å²) in [5, 5.41) is 3.23. The van der Waals surface area contributed by atoms with Gasteiger partial charge in [-0.25, -0.2) is 8.42 Å². The standard InChI is InChI=1S/C12H18N2O2S/c15-17(16,12-6-2-1-3-7-12)14-10-5-4-8-13-9-11-14/h1-3,6-7,13H,4-5,8-11H2. The van der Waals surface area contributed by atoms with Gasteiger partial charge in [-0.3, -0.25) is 0 Å². The van der Waals surface area contributed by atoms with Crippen LogP contribution < -0.4 is 5.32 Å². The van der Waals surface area contributed by atoms with E-state index >= 15 is 0 Å². The van der Waals surface area contributed by atoms with Crippen molar-refractivity contribution in [3.63, 3.8) is 0 Å². The molecule has 1 N–H and O–H groups in total. The van der Waals surface area contributed by atoms with Gasteiger partial charge in [-0.1, -0.05) is 18.2 Å². The van der Waals surface area contributed by atoms with Crippen LogP contribution in [0.2, 0.25) is 0 Å². The monoisotopic (exact) mass is 254 g/mol. The number of hydrogen-bond acceptors (Lipinski definition) is 3. The SMILES string of the molecule is O=S(=O)(c1ccccc1)N1CCCCNCC1. The number of nitrogens with zero attached hydrogens (tertiary/aromatic N) is 1. The topological polar surface area (TPSA) is 49.4 Å². The van der Waals surface area contributed by atoms with Crippen LogP contribution in [0.5, 0.6) is 0 Å². The van der Waals surface area contributed by atoms with Crippen LogP contribution >= 0.6 is 0 Å². The second kappa shape index (κ2) is 5.62. The van der Waals surface area contributed by atoms with Crippen LogP contribution in [0.4, 0.5) is 0 Å². The summed E-state index contributed by atoms with van der Waals surface area (Å²) in [5.41, 5.74) is 0. The van der Waals surface area contributed by atoms with Crippen LogP contribution in [0.15, 0.2) is 35.2 Å². The molecular formula is C12H18N2O2S. The van der Waals surface area contributed by atoms with E-state index in [-0.39, 0.29) is 0 Å². The van der Waals surface area contributed by atoms with Crippen molar-refractivity contribution in [2.75, 3.05) is 26.2 Å². The molecule has 4 nitrogen and oxygen atoms in total. The second-order valence-electron chi connectivity index (χ2n) is 4.17. The van der Waals surface area contributed by atoms with Gasteiger partial charge < -0.3 is 5.32 Å². The third-order valence-corrected chi connectivity index (χ3v) is 4.84. The molecule has 1 aliphatic heterocycles. The van der Waals surface area contributed by atoms with Crippen molar-refractivity contribution >= 4 is 10.0 Å². The fraction of sp³-hybridized carbons (Fsp3) is 0.500. The minimum atomic E-state index is -3.31. The van der Waals surface area contributed by atoms with Gasteiger partial charge in [0.05, 0.1) is 4.90 Å². The quantitative estimate of drug-likeness (QED) is 0.858. The molecule has 0 atom stereocenters. The van der Waals surface area contributed by atoms with Crippen molar-refractivity contribution in [2.45, 2.75) is 17.7 Å². The molecule has 1 aromatic rings. The van der Waals surface area contributed by atoms with Crippen LogP contribution in [0.1, 0.15) is 12.8 Å². The summed E-state index contributed by atoms with van der Waals surface area (Å²) in [6, 6.07) is 8.65. The largest absolute Gasteiger partial charge is 0.315 e. The lowest BCUT2D eigenvalue weighted by molar-refractivity contribution is 0.373. The Labute approximate surface area is 103 Å². The summed E-state index contributed by atoms with van der Waals surface area (Å²) in [6.45, 7) is 2.89. The van der Waals surface area contributed by atoms with E-state index in [1.165, 1.54) is 0 Å². The fourth-order valence-electron chi connectivity index (χ4n) is 1.96. The average Bonchev–Trinajstić information content (AvgIpc) is 2.29. The van der Waals surface area contributed by atoms with Crippen molar-refractivity contribution in [3.05, 3.63) is 30.3 Å². The molecular weight excluding hydrogens is 236 g/mol. The van der Waals surface area contributed by atoms with Crippen molar-refractivity contribution in [2.24, 2.45) is 0 Å². The second-order valence-corrected chi connectivity index (χ2v) is 6.11. The molecule has 0 unspecified atom stereocenters. The van der Waals surface area contributed by atoms with Gasteiger partial charge in [-0.05, 0) is 31.5 Å². The third-order valence-electron chi connectivity index (χ3n) is 2.93. The Morgan fingerprint density at radius 1 is 1.00 bits per heavy atom. The molecule has 0 bridgehead atoms. The fourth-order valence-corrected chi connectivity index (χ4v) is 3.46. The van der Waals surface area contributed by atoms with Crippen molar-refractivity contribution < 1.29 is 8.42 Å². The molecule has 0 saturated carbocycles. The van der Waals surface area contributed by atoms with E-state index in [0.717, 1.165) is 25.9 Å². The molecule has 94 valence electrons. The van der Waals surface area contributed by atoms with Gasteiger partial charge in [0.1, 0.15) is 0 Å². The predicted molar refractivity (Wildman–Crippen MR) is 67.3 cm³/mol. The number of benzene rings is 1. The molecule has 0 aliphatic carbocycles. The van der Waals surface area contributed by atoms with Crippen LogP contribution in [-0.2, 0) is 10.0 Å². The molecule has 17 heavy (non-hydrogen) atoms. The number of hydrogen-bond donors (Lipinski definition) is 1. The lowest BCUT2D eigenvalue weighted by atomic mass is 10.3. The zero-order valence-corrected chi connectivity index (χ0v) is 10.6. The van der Waals surface area contributed by atoms with E-state index in [9.17, 15) is 8.42 Å². The van der Waals surface area contributed by atoms with Crippen LogP contribution in [0, 0.1) is 0 Å². The first kappa shape index (κ1) is 12.5. The molecule has 1 aromatic carbocycles. The summed E-state index contributed by atoms with van der Waals surface area (Å²) in [4.78, 5) is 0.389. The van der Waals surface area contributed by atoms with Gasteiger partial charge >= 0.3 is 0 Å². The van der Waals surface area contributed by atoms with Crippen molar-refractivity contribution in [1.82, 2.24) is 9.62 Å². The van der Waals surface area contributed by atoms with Crippen LogP contribution in [-0.4, -0.2) is 38.9 Å². The Kier molecular flexibility index (Phi) is 4.15. The molecule has 0 aromatic heterocycles. The first-order chi connectivity index (χ1) is 8.21. The predicted octanol–water partition coefficient (Wildman–Crippen LogP) is 1.06. The normalized spacial score (nSPS) is 19.5. The molecule has 1 fully saturated rings. The van der Waals surface area contributed by atoms with Crippen molar-refractivity contribution in [3.8, 4) is 0 Å². The highest BCUT2D eigenvalue weighted by Crippen LogP contribution is 2.15. The highest BCUT2D eigenvalue weighted by molar-refractivity contribution is 7.89. The number of rotatable bonds is 2. The smallest absolute Gasteiger partial charge is 0.243 e. The molecule has 0 spiro atoms. The summed E-state index contributed by atoms with van der Waals surface area (Å²) in [7, 11) is -3.31. The summed E-state index contributed by atoms with van der Waals surface area (Å²) in [6.07, 6.45) is 1.94. The van der Waals surface area contributed by atoms with E-state index in [1.807, 2.05) is 6.07 Å². The van der Waals surface area contributed by atoms with E-state index in [4.69, 9.17) is 0 Å². The van der Waals surface area contributed by atoms with E-state index in [2.05, 4.69) is 5.32 Å². The minimum Gasteiger partial charge on any atom is -0.315 e. The lowest BCUT2D eigenvalue weighted by Gasteiger charge is -2.24. The maximum atomic E-state index is 12.4. The molecule has 1 aliphatic rings. The Bertz CT molecular complexity index is 437. The van der Waals surface area contributed by atoms with E-state index in [1.54, 1.807) is 28.6 Å². The number of sulfonamides is 1. The molecule has 1 saturated heterocycles. The van der Waals surface area contributed by atoms with Gasteiger partial charge in [0.2, 0.25) is 10.0 Å². The Morgan fingerprint density at radius 3 is 2.53 bits per heavy atom. The van der Waals surface area contributed by atoms with E-state index in [0.29, 0.717) is 18.0 Å². The maximum absolute atomic E-state index is 12.4. The molecule has 0 amide bonds. The lowest BCUT2D eigenvalue weighted by Crippen LogP contribution is -2.39. The third kappa shape index (κ3) is 3.06. The molecule has 1 heterocycles. The van der Waals surface area contributed by atoms with Gasteiger partial charge in [0, 0.05) is 19.6 Å². The Morgan fingerprint density at radius 2 is 1.76 bits per heavy atom. The van der Waals surface area contributed by atoms with Gasteiger partial charge in [-0.15, -0.1) is 0 Å². The molecule has 5 heteroatoms. The van der Waals surface area contributed by atoms with Gasteiger partial charge in [0.15, 0.2) is 0 Å². The minimum absolute atomic E-state index is 0.389. The molecule has 2 rings (SSSR count). The zero-order valence-electron chi connectivity index (χ0n) is 9.80. The highest BCUT2D eigenvalue weighted by Gasteiger charge is 2.23. The van der Waals surface area contributed by atoms with Crippen LogP contribution in [0.3, 0.4) is 0 Å².